The highest BCUT2D eigenvalue weighted by atomic mass is 16.3. The number of pyridine rings is 1. The van der Waals surface area contributed by atoms with Crippen molar-refractivity contribution in [3.8, 4) is 0 Å². The molecule has 1 saturated carbocycles. The van der Waals surface area contributed by atoms with Crippen LogP contribution in [-0.2, 0) is 7.05 Å². The minimum absolute atomic E-state index is 0.0464. The first-order chi connectivity index (χ1) is 13.5. The Morgan fingerprint density at radius 2 is 2.14 bits per heavy atom. The zero-order valence-electron chi connectivity index (χ0n) is 15.5. The number of fused-ring (bicyclic) bond motifs is 1. The zero-order valence-corrected chi connectivity index (χ0v) is 15.5. The molecule has 146 valence electrons. The van der Waals surface area contributed by atoms with Gasteiger partial charge in [0.25, 0.3) is 11.5 Å². The fraction of sp³-hybridized carbons (Fsp3) is 0.333. The van der Waals surface area contributed by atoms with E-state index < -0.39 is 0 Å². The lowest BCUT2D eigenvalue weighted by Gasteiger charge is -2.31. The Bertz CT molecular complexity index is 1100. The highest BCUT2D eigenvalue weighted by molar-refractivity contribution is 6.00. The highest BCUT2D eigenvalue weighted by Gasteiger charge is 2.29. The van der Waals surface area contributed by atoms with Crippen molar-refractivity contribution < 1.29 is 9.90 Å². The second-order valence-corrected chi connectivity index (χ2v) is 6.83. The molecule has 1 aliphatic carbocycles. The molecule has 10 heteroatoms. The van der Waals surface area contributed by atoms with E-state index in [1.54, 1.807) is 38.5 Å². The van der Waals surface area contributed by atoms with E-state index in [0.29, 0.717) is 41.4 Å². The molecule has 10 nitrogen and oxygen atoms in total. The summed E-state index contributed by atoms with van der Waals surface area (Å²) in [5.74, 6) is 0.723. The van der Waals surface area contributed by atoms with Gasteiger partial charge in [-0.05, 0) is 25.0 Å². The summed E-state index contributed by atoms with van der Waals surface area (Å²) in [5.41, 5.74) is 0.866. The normalized spacial score (nSPS) is 18.5. The van der Waals surface area contributed by atoms with Crippen molar-refractivity contribution >= 4 is 28.9 Å². The molecule has 0 bridgehead atoms. The van der Waals surface area contributed by atoms with Crippen LogP contribution in [0.2, 0.25) is 0 Å². The van der Waals surface area contributed by atoms with E-state index in [1.165, 1.54) is 15.3 Å². The van der Waals surface area contributed by atoms with E-state index >= 15 is 0 Å². The number of amides is 1. The van der Waals surface area contributed by atoms with Crippen molar-refractivity contribution in [3.05, 3.63) is 46.5 Å². The predicted octanol–water partition coefficient (Wildman–Crippen LogP) is 0.466. The van der Waals surface area contributed by atoms with Crippen LogP contribution in [0.25, 0.3) is 5.65 Å². The lowest BCUT2D eigenvalue weighted by Crippen LogP contribution is -2.46. The van der Waals surface area contributed by atoms with Gasteiger partial charge in [-0.15, -0.1) is 0 Å². The standard InChI is InChI=1S/C18H21N7O3/c1-19-15-8-14(22-13-4-3-5-24(2)18(13)28)23-16-12(9-20-25(15)16)17(27)21-10-6-11(26)7-10/h3-5,8-11,19,26H,6-7H2,1-2H3,(H,21,27)(H,22,23). The molecule has 0 aromatic carbocycles. The van der Waals surface area contributed by atoms with Gasteiger partial charge in [0.15, 0.2) is 5.65 Å². The Morgan fingerprint density at radius 3 is 2.86 bits per heavy atom. The van der Waals surface area contributed by atoms with Gasteiger partial charge in [0, 0.05) is 32.4 Å². The highest BCUT2D eigenvalue weighted by Crippen LogP contribution is 2.23. The average molecular weight is 383 g/mol. The summed E-state index contributed by atoms with van der Waals surface area (Å²) in [6.07, 6.45) is 3.86. The molecule has 4 rings (SSSR count). The van der Waals surface area contributed by atoms with Gasteiger partial charge in [-0.3, -0.25) is 9.59 Å². The van der Waals surface area contributed by atoms with Gasteiger partial charge in [-0.25, -0.2) is 4.98 Å². The monoisotopic (exact) mass is 383 g/mol. The Hall–Kier alpha value is -3.40. The summed E-state index contributed by atoms with van der Waals surface area (Å²) < 4.78 is 2.99. The fourth-order valence-electron chi connectivity index (χ4n) is 3.16. The molecular formula is C18H21N7O3. The molecule has 0 radical (unpaired) electrons. The van der Waals surface area contributed by atoms with E-state index in [2.05, 4.69) is 26.0 Å². The Labute approximate surface area is 160 Å². The van der Waals surface area contributed by atoms with Crippen LogP contribution < -0.4 is 21.5 Å². The number of aromatic nitrogens is 4. The van der Waals surface area contributed by atoms with Gasteiger partial charge in [-0.1, -0.05) is 0 Å². The van der Waals surface area contributed by atoms with E-state index in [9.17, 15) is 14.7 Å². The quantitative estimate of drug-likeness (QED) is 0.504. The topological polar surface area (TPSA) is 126 Å². The van der Waals surface area contributed by atoms with E-state index in [4.69, 9.17) is 0 Å². The number of aliphatic hydroxyl groups excluding tert-OH is 1. The molecule has 0 unspecified atom stereocenters. The first-order valence-corrected chi connectivity index (χ1v) is 8.94. The lowest BCUT2D eigenvalue weighted by atomic mass is 9.89. The zero-order chi connectivity index (χ0) is 19.8. The van der Waals surface area contributed by atoms with E-state index in [1.807, 2.05) is 0 Å². The van der Waals surface area contributed by atoms with Crippen molar-refractivity contribution in [1.29, 1.82) is 0 Å². The van der Waals surface area contributed by atoms with E-state index in [0.717, 1.165) is 0 Å². The van der Waals surface area contributed by atoms with Gasteiger partial charge >= 0.3 is 0 Å². The first-order valence-electron chi connectivity index (χ1n) is 8.94. The van der Waals surface area contributed by atoms with Crippen LogP contribution in [0.15, 0.2) is 35.4 Å². The van der Waals surface area contributed by atoms with Gasteiger partial charge in [0.2, 0.25) is 0 Å². The number of hydrogen-bond donors (Lipinski definition) is 4. The molecule has 1 amide bonds. The molecule has 0 spiro atoms. The summed E-state index contributed by atoms with van der Waals surface area (Å²) in [6.45, 7) is 0. The Morgan fingerprint density at radius 1 is 1.36 bits per heavy atom. The molecule has 1 aliphatic rings. The average Bonchev–Trinajstić information content (AvgIpc) is 3.07. The van der Waals surface area contributed by atoms with Gasteiger partial charge in [-0.2, -0.15) is 9.61 Å². The number of aryl methyl sites for hydroxylation is 1. The van der Waals surface area contributed by atoms with Crippen molar-refractivity contribution in [2.75, 3.05) is 17.7 Å². The van der Waals surface area contributed by atoms with Crippen molar-refractivity contribution in [3.63, 3.8) is 0 Å². The molecule has 0 saturated heterocycles. The number of carbonyl (C=O) groups is 1. The molecule has 1 fully saturated rings. The van der Waals surface area contributed by atoms with Crippen LogP contribution in [0.3, 0.4) is 0 Å². The minimum Gasteiger partial charge on any atom is -0.393 e. The fourth-order valence-corrected chi connectivity index (χ4v) is 3.16. The van der Waals surface area contributed by atoms with Crippen molar-refractivity contribution in [2.24, 2.45) is 7.05 Å². The van der Waals surface area contributed by atoms with E-state index in [-0.39, 0.29) is 23.6 Å². The molecule has 3 aromatic heterocycles. The Kier molecular flexibility index (Phi) is 4.47. The number of anilines is 3. The third-order valence-electron chi connectivity index (χ3n) is 4.81. The number of nitrogens with one attached hydrogen (secondary N) is 3. The van der Waals surface area contributed by atoms with Crippen LogP contribution >= 0.6 is 0 Å². The minimum atomic E-state index is -0.354. The summed E-state index contributed by atoms with van der Waals surface area (Å²) in [6, 6.07) is 5.08. The van der Waals surface area contributed by atoms with Crippen molar-refractivity contribution in [1.82, 2.24) is 24.5 Å². The van der Waals surface area contributed by atoms with Gasteiger partial charge < -0.3 is 25.6 Å². The molecule has 3 aromatic rings. The second-order valence-electron chi connectivity index (χ2n) is 6.83. The molecular weight excluding hydrogens is 362 g/mol. The Balaban J connectivity index is 1.69. The second kappa shape index (κ2) is 6.97. The smallest absolute Gasteiger partial charge is 0.274 e. The number of nitrogens with zero attached hydrogens (tertiary/aromatic N) is 4. The van der Waals surface area contributed by atoms with Crippen LogP contribution in [0.5, 0.6) is 0 Å². The molecule has 0 aliphatic heterocycles. The number of aliphatic hydroxyl groups is 1. The maximum atomic E-state index is 12.6. The largest absolute Gasteiger partial charge is 0.393 e. The third-order valence-corrected chi connectivity index (χ3v) is 4.81. The summed E-state index contributed by atoms with van der Waals surface area (Å²) in [7, 11) is 3.40. The first kappa shape index (κ1) is 18.0. The summed E-state index contributed by atoms with van der Waals surface area (Å²) in [4.78, 5) is 29.4. The molecule has 3 heterocycles. The lowest BCUT2D eigenvalue weighted by molar-refractivity contribution is 0.0563. The van der Waals surface area contributed by atoms with Crippen LogP contribution in [0, 0.1) is 0 Å². The van der Waals surface area contributed by atoms with Crippen molar-refractivity contribution in [2.45, 2.75) is 25.0 Å². The van der Waals surface area contributed by atoms with Crippen LogP contribution in [0.4, 0.5) is 17.3 Å². The summed E-state index contributed by atoms with van der Waals surface area (Å²) in [5, 5.41) is 22.5. The molecule has 4 N–H and O–H groups in total. The predicted molar refractivity (Wildman–Crippen MR) is 104 cm³/mol. The SMILES string of the molecule is CNc1cc(Nc2cccn(C)c2=O)nc2c(C(=O)NC3CC(O)C3)cnn12. The summed E-state index contributed by atoms with van der Waals surface area (Å²) >= 11 is 0. The number of carbonyl (C=O) groups excluding carboxylic acids is 1. The number of rotatable bonds is 5. The third kappa shape index (κ3) is 3.18. The maximum Gasteiger partial charge on any atom is 0.274 e. The maximum absolute atomic E-state index is 12.6. The molecule has 0 atom stereocenters. The van der Waals surface area contributed by atoms with Crippen LogP contribution in [-0.4, -0.2) is 49.4 Å². The molecule has 28 heavy (non-hydrogen) atoms. The van der Waals surface area contributed by atoms with Gasteiger partial charge in [0.1, 0.15) is 22.9 Å². The van der Waals surface area contributed by atoms with Crippen LogP contribution in [0.1, 0.15) is 23.2 Å². The number of hydrogen-bond acceptors (Lipinski definition) is 7. The van der Waals surface area contributed by atoms with Gasteiger partial charge in [0.05, 0.1) is 12.3 Å².